The Morgan fingerprint density at radius 3 is 0.700 bits per heavy atom. The van der Waals surface area contributed by atoms with Crippen molar-refractivity contribution in [1.29, 1.82) is 0 Å². The molecule has 0 spiro atoms. The predicted octanol–water partition coefficient (Wildman–Crippen LogP) is -12.5. The summed E-state index contributed by atoms with van der Waals surface area (Å²) in [5.41, 5.74) is -5.95. The van der Waals surface area contributed by atoms with Crippen LogP contribution in [0.4, 0.5) is 0 Å². The molecule has 0 saturated heterocycles. The first-order chi connectivity index (χ1) is 11.6. The fraction of sp³-hybridized carbons (Fsp3) is 0.500. The third-order valence-electron chi connectivity index (χ3n) is 2.51. The second kappa shape index (κ2) is 19.2. The third kappa shape index (κ3) is 19.4. The molecule has 4 N–H and O–H groups in total. The molecule has 0 aromatic heterocycles. The summed E-state index contributed by atoms with van der Waals surface area (Å²) in [4.78, 5) is 60.0. The summed E-state index contributed by atoms with van der Waals surface area (Å²) < 4.78 is 0. The number of carbonyl (C=O) groups excluding carboxylic acids is 6. The quantitative estimate of drug-likeness (QED) is 0.192. The fourth-order valence-electron chi connectivity index (χ4n) is 1.37. The van der Waals surface area contributed by atoms with Crippen LogP contribution in [0.15, 0.2) is 0 Å². The van der Waals surface area contributed by atoms with Crippen molar-refractivity contribution in [2.24, 2.45) is 0 Å². The number of carbonyl (C=O) groups is 6. The Morgan fingerprint density at radius 2 is 0.633 bits per heavy atom. The molecule has 0 aliphatic heterocycles. The van der Waals surface area contributed by atoms with E-state index < -0.39 is 72.7 Å². The predicted molar refractivity (Wildman–Crippen MR) is 79.3 cm³/mol. The Labute approximate surface area is 227 Å². The van der Waals surface area contributed by atoms with Gasteiger partial charge in [-0.15, -0.1) is 0 Å². The molecule has 0 rings (SSSR count). The van der Waals surface area contributed by atoms with Crippen molar-refractivity contribution in [2.45, 2.75) is 36.9 Å². The molecule has 0 bridgehead atoms. The van der Waals surface area contributed by atoms with Gasteiger partial charge in [0.2, 0.25) is 0 Å². The van der Waals surface area contributed by atoms with Gasteiger partial charge >= 0.3 is 81.9 Å². The van der Waals surface area contributed by atoms with E-state index >= 15 is 0 Å². The minimum Gasteiger partial charge on any atom is -0.550 e. The SMILES string of the molecule is O.O=C([O-])CC(O)(CC(=O)[O-])C(=O)[O-].O=C([O-])CC(O)(CC(=O)[O-])C(=O)[O-].[Pb+2].[Pb+2].[Pb+2]. The number of carboxylic acids is 6. The number of carboxylic acid groups (broad SMARTS) is 6. The van der Waals surface area contributed by atoms with E-state index in [1.165, 1.54) is 0 Å². The maximum Gasteiger partial charge on any atom is 2.00 e. The molecule has 0 atom stereocenters. The maximum absolute atomic E-state index is 10.1. The van der Waals surface area contributed by atoms with Gasteiger partial charge in [0.05, 0.1) is 11.9 Å². The Bertz CT molecular complexity index is 522. The summed E-state index contributed by atoms with van der Waals surface area (Å²) in [6.45, 7) is 0. The number of aliphatic carboxylic acids is 6. The number of aliphatic hydroxyl groups is 2. The molecule has 0 fully saturated rings. The first-order valence-electron chi connectivity index (χ1n) is 6.23. The molecule has 0 heterocycles. The summed E-state index contributed by atoms with van der Waals surface area (Å²) >= 11 is 0. The zero-order valence-electron chi connectivity index (χ0n) is 14.6. The van der Waals surface area contributed by atoms with Gasteiger partial charge < -0.3 is 75.1 Å². The van der Waals surface area contributed by atoms with Gasteiger partial charge in [-0.3, -0.25) is 0 Å². The van der Waals surface area contributed by atoms with Crippen LogP contribution in [0.5, 0.6) is 0 Å². The number of hydrogen-bond acceptors (Lipinski definition) is 14. The van der Waals surface area contributed by atoms with Crippen LogP contribution >= 0.6 is 0 Å². The standard InChI is InChI=1S/2C6H8O7.H2O.3Pb/c2*7-3(8)1-6(13,5(11)12)2-4(9)10;;;;/h2*13H,1-2H2,(H,7,8)(H,9,10)(H,11,12);1H2;;;/q;;;3*+2/p-6. The zero-order chi connectivity index (χ0) is 21.3. The molecule has 0 aromatic rings. The molecular weight excluding hydrogens is 1010 g/mol. The van der Waals surface area contributed by atoms with Crippen molar-refractivity contribution >= 4 is 118 Å². The average molecular weight is 1020 g/mol. The van der Waals surface area contributed by atoms with Crippen LogP contribution in [0.25, 0.3) is 0 Å². The van der Waals surface area contributed by atoms with Crippen LogP contribution in [-0.2, 0) is 28.8 Å². The average Bonchev–Trinajstić information content (AvgIpc) is 2.34. The largest absolute Gasteiger partial charge is 2.00 e. The second-order valence-electron chi connectivity index (χ2n) is 4.83. The maximum atomic E-state index is 10.1. The van der Waals surface area contributed by atoms with Crippen molar-refractivity contribution in [3.05, 3.63) is 0 Å². The smallest absolute Gasteiger partial charge is 0.550 e. The van der Waals surface area contributed by atoms with Crippen LogP contribution in [0.2, 0.25) is 0 Å². The molecular formula is C12H12O15Pb3. The number of hydrogen-bond donors (Lipinski definition) is 2. The molecule has 162 valence electrons. The van der Waals surface area contributed by atoms with Crippen LogP contribution in [-0.4, -0.2) is 145 Å². The monoisotopic (exact) mass is 1020 g/mol. The van der Waals surface area contributed by atoms with E-state index in [9.17, 15) is 59.4 Å². The van der Waals surface area contributed by atoms with Gasteiger partial charge in [-0.1, -0.05) is 0 Å². The van der Waals surface area contributed by atoms with Crippen molar-refractivity contribution in [3.63, 3.8) is 0 Å². The Kier molecular flexibility index (Phi) is 27.7. The van der Waals surface area contributed by atoms with Gasteiger partial charge in [-0.2, -0.15) is 0 Å². The molecule has 0 saturated carbocycles. The van der Waals surface area contributed by atoms with Crippen molar-refractivity contribution in [2.75, 3.05) is 0 Å². The topological polar surface area (TPSA) is 313 Å². The van der Waals surface area contributed by atoms with Crippen molar-refractivity contribution in [1.82, 2.24) is 0 Å². The minimum atomic E-state index is -2.97. The van der Waals surface area contributed by atoms with E-state index in [0.29, 0.717) is 0 Å². The van der Waals surface area contributed by atoms with Crippen LogP contribution < -0.4 is 30.6 Å². The van der Waals surface area contributed by atoms with E-state index in [1.807, 2.05) is 0 Å². The summed E-state index contributed by atoms with van der Waals surface area (Å²) in [5.74, 6) is -12.0. The van der Waals surface area contributed by atoms with Crippen LogP contribution in [0.1, 0.15) is 25.7 Å². The first kappa shape index (κ1) is 43.4. The molecule has 15 nitrogen and oxygen atoms in total. The van der Waals surface area contributed by atoms with Crippen LogP contribution in [0.3, 0.4) is 0 Å². The van der Waals surface area contributed by atoms with Crippen molar-refractivity contribution < 1.29 is 75.1 Å². The second-order valence-corrected chi connectivity index (χ2v) is 4.83. The molecule has 30 heavy (non-hydrogen) atoms. The van der Waals surface area contributed by atoms with E-state index in [4.69, 9.17) is 10.2 Å². The van der Waals surface area contributed by atoms with Crippen molar-refractivity contribution in [3.8, 4) is 0 Å². The molecule has 0 aliphatic carbocycles. The van der Waals surface area contributed by atoms with Gasteiger partial charge in [-0.25, -0.2) is 0 Å². The van der Waals surface area contributed by atoms with Gasteiger partial charge in [0.1, 0.15) is 11.2 Å². The Hall–Kier alpha value is -0.534. The van der Waals surface area contributed by atoms with Gasteiger partial charge in [0.25, 0.3) is 0 Å². The summed E-state index contributed by atoms with van der Waals surface area (Å²) in [7, 11) is 0. The molecule has 6 radical (unpaired) electrons. The fourth-order valence-corrected chi connectivity index (χ4v) is 1.37. The summed E-state index contributed by atoms with van der Waals surface area (Å²) in [6.07, 6.45) is -5.43. The zero-order valence-corrected chi connectivity index (χ0v) is 26.3. The molecule has 0 unspecified atom stereocenters. The minimum absolute atomic E-state index is 0. The van der Waals surface area contributed by atoms with E-state index in [1.54, 1.807) is 0 Å². The first-order valence-corrected chi connectivity index (χ1v) is 6.23. The Morgan fingerprint density at radius 1 is 0.500 bits per heavy atom. The van der Waals surface area contributed by atoms with Crippen LogP contribution in [0, 0.1) is 0 Å². The van der Waals surface area contributed by atoms with Gasteiger partial charge in [0, 0.05) is 49.6 Å². The molecule has 0 amide bonds. The summed E-state index contributed by atoms with van der Waals surface area (Å²) in [5, 5.41) is 77.9. The van der Waals surface area contributed by atoms with Gasteiger partial charge in [-0.05, 0) is 0 Å². The third-order valence-corrected chi connectivity index (χ3v) is 2.51. The Balaban J connectivity index is -0.0000000847. The summed E-state index contributed by atoms with van der Waals surface area (Å²) in [6, 6.07) is 0. The van der Waals surface area contributed by atoms with Gasteiger partial charge in [0.15, 0.2) is 0 Å². The van der Waals surface area contributed by atoms with E-state index in [2.05, 4.69) is 0 Å². The van der Waals surface area contributed by atoms with E-state index in [0.717, 1.165) is 0 Å². The molecule has 0 aliphatic rings. The number of rotatable bonds is 10. The molecule has 18 heteroatoms. The normalized spacial score (nSPS) is 9.40. The van der Waals surface area contributed by atoms with E-state index in [-0.39, 0.29) is 87.4 Å². The molecule has 0 aromatic carbocycles.